The van der Waals surface area contributed by atoms with E-state index in [0.29, 0.717) is 0 Å². The van der Waals surface area contributed by atoms with Gasteiger partial charge < -0.3 is 5.11 Å². The lowest BCUT2D eigenvalue weighted by atomic mass is 9.89. The zero-order valence-electron chi connectivity index (χ0n) is 7.78. The van der Waals surface area contributed by atoms with Crippen molar-refractivity contribution in [2.45, 2.75) is 13.8 Å². The standard InChI is InChI=1S/C9H13NO3/c1-6(4-10-5-11)7(2)8(3)9(12)13/h6-7H,3-4H2,1-2H3,(H,12,13). The van der Waals surface area contributed by atoms with Crippen LogP contribution in [0, 0.1) is 11.8 Å². The average Bonchev–Trinajstić information content (AvgIpc) is 2.11. The van der Waals surface area contributed by atoms with E-state index in [-0.39, 0.29) is 24.0 Å². The van der Waals surface area contributed by atoms with Gasteiger partial charge in [-0.25, -0.2) is 14.6 Å². The molecule has 0 saturated carbocycles. The Labute approximate surface area is 77.0 Å². The third-order valence-corrected chi connectivity index (χ3v) is 2.12. The predicted octanol–water partition coefficient (Wildman–Crippen LogP) is 1.24. The summed E-state index contributed by atoms with van der Waals surface area (Å²) in [6, 6.07) is 0. The summed E-state index contributed by atoms with van der Waals surface area (Å²) in [6.07, 6.45) is 1.42. The van der Waals surface area contributed by atoms with Crippen molar-refractivity contribution in [2.24, 2.45) is 16.8 Å². The first-order valence-corrected chi connectivity index (χ1v) is 3.96. The van der Waals surface area contributed by atoms with Crippen molar-refractivity contribution in [1.29, 1.82) is 0 Å². The molecule has 0 amide bonds. The van der Waals surface area contributed by atoms with Crippen molar-refractivity contribution in [2.75, 3.05) is 6.54 Å². The van der Waals surface area contributed by atoms with Crippen LogP contribution in [0.5, 0.6) is 0 Å². The van der Waals surface area contributed by atoms with Crippen LogP contribution in [-0.2, 0) is 9.59 Å². The van der Waals surface area contributed by atoms with E-state index in [0.717, 1.165) is 0 Å². The number of carboxylic acid groups (broad SMARTS) is 1. The normalized spacial score (nSPS) is 14.0. The first kappa shape index (κ1) is 11.6. The quantitative estimate of drug-likeness (QED) is 0.396. The molecule has 0 aromatic heterocycles. The molecule has 0 saturated heterocycles. The number of rotatable bonds is 5. The lowest BCUT2D eigenvalue weighted by molar-refractivity contribution is -0.133. The number of carboxylic acids is 1. The highest BCUT2D eigenvalue weighted by molar-refractivity contribution is 5.86. The molecule has 0 fully saturated rings. The number of nitrogens with zero attached hydrogens (tertiary/aromatic N) is 1. The molecule has 4 heteroatoms. The molecule has 13 heavy (non-hydrogen) atoms. The second-order valence-corrected chi connectivity index (χ2v) is 3.03. The van der Waals surface area contributed by atoms with Crippen molar-refractivity contribution in [3.05, 3.63) is 12.2 Å². The van der Waals surface area contributed by atoms with Gasteiger partial charge in [0.15, 0.2) is 0 Å². The summed E-state index contributed by atoms with van der Waals surface area (Å²) in [5.74, 6) is -1.20. The molecule has 1 N–H and O–H groups in total. The number of aliphatic carboxylic acids is 1. The van der Waals surface area contributed by atoms with Crippen molar-refractivity contribution in [1.82, 2.24) is 0 Å². The molecule has 4 nitrogen and oxygen atoms in total. The number of aliphatic imine (C=N–C) groups is 1. The van der Waals surface area contributed by atoms with E-state index in [4.69, 9.17) is 5.11 Å². The molecule has 0 aromatic carbocycles. The van der Waals surface area contributed by atoms with Crippen LogP contribution in [0.15, 0.2) is 17.1 Å². The fourth-order valence-electron chi connectivity index (χ4n) is 0.878. The molecule has 72 valence electrons. The summed E-state index contributed by atoms with van der Waals surface area (Å²) in [7, 11) is 0. The van der Waals surface area contributed by atoms with Gasteiger partial charge in [0.25, 0.3) is 0 Å². The molecular weight excluding hydrogens is 170 g/mol. The minimum absolute atomic E-state index is 0.00921. The first-order chi connectivity index (χ1) is 6.00. The summed E-state index contributed by atoms with van der Waals surface area (Å²) in [6.45, 7) is 7.30. The fourth-order valence-corrected chi connectivity index (χ4v) is 0.878. The van der Waals surface area contributed by atoms with Crippen LogP contribution >= 0.6 is 0 Å². The molecule has 0 bridgehead atoms. The SMILES string of the molecule is C=C(C(=O)O)C(C)C(C)CN=C=O. The number of hydrogen-bond donors (Lipinski definition) is 1. The third-order valence-electron chi connectivity index (χ3n) is 2.12. The van der Waals surface area contributed by atoms with Crippen molar-refractivity contribution in [3.63, 3.8) is 0 Å². The Morgan fingerprint density at radius 1 is 1.62 bits per heavy atom. The van der Waals surface area contributed by atoms with Crippen LogP contribution in [0.25, 0.3) is 0 Å². The first-order valence-electron chi connectivity index (χ1n) is 3.96. The van der Waals surface area contributed by atoms with Gasteiger partial charge >= 0.3 is 5.97 Å². The van der Waals surface area contributed by atoms with E-state index in [9.17, 15) is 9.59 Å². The van der Waals surface area contributed by atoms with Crippen LogP contribution in [0.2, 0.25) is 0 Å². The third kappa shape index (κ3) is 3.67. The molecule has 0 aliphatic carbocycles. The van der Waals surface area contributed by atoms with Gasteiger partial charge in [-0.15, -0.1) is 0 Å². The van der Waals surface area contributed by atoms with Crippen LogP contribution in [0.1, 0.15) is 13.8 Å². The van der Waals surface area contributed by atoms with Gasteiger partial charge in [-0.2, -0.15) is 0 Å². The maximum Gasteiger partial charge on any atom is 0.331 e. The van der Waals surface area contributed by atoms with Gasteiger partial charge in [-0.05, 0) is 11.8 Å². The molecule has 0 radical (unpaired) electrons. The van der Waals surface area contributed by atoms with Crippen LogP contribution < -0.4 is 0 Å². The predicted molar refractivity (Wildman–Crippen MR) is 48.1 cm³/mol. The second-order valence-electron chi connectivity index (χ2n) is 3.03. The largest absolute Gasteiger partial charge is 0.478 e. The summed E-state index contributed by atoms with van der Waals surface area (Å²) in [5, 5.41) is 8.62. The molecule has 0 rings (SSSR count). The van der Waals surface area contributed by atoms with Gasteiger partial charge in [0.05, 0.1) is 6.54 Å². The highest BCUT2D eigenvalue weighted by atomic mass is 16.4. The van der Waals surface area contributed by atoms with Gasteiger partial charge in [0, 0.05) is 5.57 Å². The zero-order chi connectivity index (χ0) is 10.4. The smallest absolute Gasteiger partial charge is 0.331 e. The van der Waals surface area contributed by atoms with E-state index in [1.54, 1.807) is 6.92 Å². The summed E-state index contributed by atoms with van der Waals surface area (Å²) < 4.78 is 0. The molecule has 0 aromatic rings. The van der Waals surface area contributed by atoms with Gasteiger partial charge in [0.1, 0.15) is 0 Å². The van der Waals surface area contributed by atoms with Gasteiger partial charge in [0.2, 0.25) is 6.08 Å². The Morgan fingerprint density at radius 3 is 2.54 bits per heavy atom. The van der Waals surface area contributed by atoms with Crippen LogP contribution in [-0.4, -0.2) is 23.7 Å². The van der Waals surface area contributed by atoms with Crippen LogP contribution in [0.3, 0.4) is 0 Å². The molecule has 0 aliphatic heterocycles. The Bertz CT molecular complexity index is 254. The fraction of sp³-hybridized carbons (Fsp3) is 0.556. The molecule has 2 unspecified atom stereocenters. The van der Waals surface area contributed by atoms with E-state index in [1.807, 2.05) is 6.92 Å². The zero-order valence-corrected chi connectivity index (χ0v) is 7.78. The van der Waals surface area contributed by atoms with Crippen molar-refractivity contribution < 1.29 is 14.7 Å². The van der Waals surface area contributed by atoms with Gasteiger partial charge in [-0.1, -0.05) is 20.4 Å². The Hall–Kier alpha value is -1.41. The molecular formula is C9H13NO3. The van der Waals surface area contributed by atoms with Crippen molar-refractivity contribution in [3.8, 4) is 0 Å². The minimum Gasteiger partial charge on any atom is -0.478 e. The lowest BCUT2D eigenvalue weighted by Gasteiger charge is -2.16. The average molecular weight is 183 g/mol. The Morgan fingerprint density at radius 2 is 2.15 bits per heavy atom. The maximum absolute atomic E-state index is 10.5. The van der Waals surface area contributed by atoms with E-state index in [2.05, 4.69) is 11.6 Å². The Balaban J connectivity index is 4.24. The summed E-state index contributed by atoms with van der Waals surface area (Å²) in [4.78, 5) is 23.7. The number of carbonyl (C=O) groups is 1. The van der Waals surface area contributed by atoms with E-state index < -0.39 is 5.97 Å². The van der Waals surface area contributed by atoms with E-state index in [1.165, 1.54) is 6.08 Å². The highest BCUT2D eigenvalue weighted by Gasteiger charge is 2.19. The summed E-state index contributed by atoms with van der Waals surface area (Å²) >= 11 is 0. The summed E-state index contributed by atoms with van der Waals surface area (Å²) in [5.41, 5.74) is 0.147. The highest BCUT2D eigenvalue weighted by Crippen LogP contribution is 2.19. The lowest BCUT2D eigenvalue weighted by Crippen LogP contribution is -2.18. The van der Waals surface area contributed by atoms with Crippen molar-refractivity contribution >= 4 is 12.0 Å². The number of isocyanates is 1. The second kappa shape index (κ2) is 5.27. The number of carbonyl (C=O) groups excluding carboxylic acids is 1. The Kier molecular flexibility index (Phi) is 4.70. The van der Waals surface area contributed by atoms with E-state index >= 15 is 0 Å². The monoisotopic (exact) mass is 183 g/mol. The molecule has 0 aliphatic rings. The molecule has 0 heterocycles. The minimum atomic E-state index is -1.01. The van der Waals surface area contributed by atoms with Gasteiger partial charge in [-0.3, -0.25) is 0 Å². The topological polar surface area (TPSA) is 66.7 Å². The molecule has 0 spiro atoms. The number of hydrogen-bond acceptors (Lipinski definition) is 3. The maximum atomic E-state index is 10.5. The van der Waals surface area contributed by atoms with Crippen LogP contribution in [0.4, 0.5) is 0 Å². The molecule has 2 atom stereocenters.